The van der Waals surface area contributed by atoms with Crippen LogP contribution in [0.25, 0.3) is 0 Å². The van der Waals surface area contributed by atoms with Gasteiger partial charge in [-0.3, -0.25) is 9.90 Å². The van der Waals surface area contributed by atoms with E-state index in [2.05, 4.69) is 0 Å². The molecule has 1 aromatic rings. The number of carbonyl (C=O) groups is 2. The van der Waals surface area contributed by atoms with Crippen LogP contribution in [0.1, 0.15) is 20.7 Å². The Labute approximate surface area is 73.4 Å². The lowest BCUT2D eigenvalue weighted by Crippen LogP contribution is -2.12. The molecule has 0 aliphatic heterocycles. The van der Waals surface area contributed by atoms with Crippen molar-refractivity contribution in [3.05, 3.63) is 29.3 Å². The predicted molar refractivity (Wildman–Crippen MR) is 42.1 cm³/mol. The first kappa shape index (κ1) is 9.05. The minimum atomic E-state index is -1.21. The molecule has 0 atom stereocenters. The molecule has 0 aliphatic carbocycles. The summed E-state index contributed by atoms with van der Waals surface area (Å²) >= 11 is 0. The second-order valence-electron chi connectivity index (χ2n) is 2.38. The topological polar surface area (TPSA) is 100 Å². The van der Waals surface area contributed by atoms with E-state index in [9.17, 15) is 14.7 Å². The third kappa shape index (κ3) is 1.76. The summed E-state index contributed by atoms with van der Waals surface area (Å²) in [7, 11) is 0. The number of hydrogen-bond acceptors (Lipinski definition) is 2. The molecule has 0 bridgehead atoms. The van der Waals surface area contributed by atoms with Crippen LogP contribution in [0.2, 0.25) is 0 Å². The Morgan fingerprint density at radius 3 is 2.38 bits per heavy atom. The van der Waals surface area contributed by atoms with Crippen molar-refractivity contribution in [1.29, 1.82) is 0 Å². The van der Waals surface area contributed by atoms with E-state index < -0.39 is 17.6 Å². The molecule has 0 aromatic heterocycles. The summed E-state index contributed by atoms with van der Waals surface area (Å²) in [4.78, 5) is 21.1. The second-order valence-corrected chi connectivity index (χ2v) is 2.38. The van der Waals surface area contributed by atoms with E-state index in [-0.39, 0.29) is 11.1 Å². The minimum absolute atomic E-state index is 0.131. The van der Waals surface area contributed by atoms with Gasteiger partial charge in [0, 0.05) is 0 Å². The highest BCUT2D eigenvalue weighted by atomic mass is 16.4. The molecule has 5 nitrogen and oxygen atoms in total. The molecule has 0 saturated carbocycles. The molecule has 0 unspecified atom stereocenters. The molecular formula is C8H6NO4. The lowest BCUT2D eigenvalue weighted by atomic mass is 10.1. The van der Waals surface area contributed by atoms with Gasteiger partial charge in [0.15, 0.2) is 5.75 Å². The minimum Gasteiger partial charge on any atom is -0.478 e. The number of primary amides is 1. The first-order valence-corrected chi connectivity index (χ1v) is 3.36. The summed E-state index contributed by atoms with van der Waals surface area (Å²) in [5, 5.41) is 19.5. The number of benzene rings is 1. The fraction of sp³-hybridized carbons (Fsp3) is 0. The summed E-state index contributed by atoms with van der Waals surface area (Å²) in [6.45, 7) is 0. The van der Waals surface area contributed by atoms with E-state index in [1.807, 2.05) is 0 Å². The number of rotatable bonds is 2. The molecule has 0 heterocycles. The summed E-state index contributed by atoms with van der Waals surface area (Å²) in [6, 6.07) is 3.09. The lowest BCUT2D eigenvalue weighted by Gasteiger charge is -1.98. The van der Waals surface area contributed by atoms with Crippen molar-refractivity contribution in [2.24, 2.45) is 5.73 Å². The number of amides is 1. The summed E-state index contributed by atoms with van der Waals surface area (Å²) < 4.78 is 0. The molecule has 13 heavy (non-hydrogen) atoms. The highest BCUT2D eigenvalue weighted by molar-refractivity contribution is 5.98. The van der Waals surface area contributed by atoms with Crippen LogP contribution < -0.4 is 5.73 Å². The fourth-order valence-corrected chi connectivity index (χ4v) is 0.856. The number of hydrogen-bond donors (Lipinski definition) is 2. The van der Waals surface area contributed by atoms with Gasteiger partial charge in [0.25, 0.3) is 5.91 Å². The van der Waals surface area contributed by atoms with E-state index >= 15 is 0 Å². The number of carboxylic acid groups (broad SMARTS) is 1. The van der Waals surface area contributed by atoms with Gasteiger partial charge in [-0.1, -0.05) is 0 Å². The van der Waals surface area contributed by atoms with Gasteiger partial charge in [-0.15, -0.1) is 0 Å². The van der Waals surface area contributed by atoms with Crippen LogP contribution in [0.3, 0.4) is 0 Å². The molecular weight excluding hydrogens is 174 g/mol. The predicted octanol–water partition coefficient (Wildman–Crippen LogP) is 0.627. The lowest BCUT2D eigenvalue weighted by molar-refractivity contribution is 0.0697. The Morgan fingerprint density at radius 2 is 1.92 bits per heavy atom. The number of aromatic carboxylic acids is 1. The van der Waals surface area contributed by atoms with Crippen molar-refractivity contribution in [3.8, 4) is 5.75 Å². The molecule has 1 rings (SSSR count). The Balaban J connectivity index is 3.27. The van der Waals surface area contributed by atoms with Crippen LogP contribution in [0.5, 0.6) is 5.75 Å². The van der Waals surface area contributed by atoms with Gasteiger partial charge in [0.2, 0.25) is 0 Å². The SMILES string of the molecule is NC(=O)c1cc(C(=O)O)ccc1[O]. The zero-order valence-corrected chi connectivity index (χ0v) is 6.48. The molecule has 5 heteroatoms. The van der Waals surface area contributed by atoms with Crippen molar-refractivity contribution in [1.82, 2.24) is 0 Å². The molecule has 0 saturated heterocycles. The number of carbonyl (C=O) groups excluding carboxylic acids is 1. The Hall–Kier alpha value is -2.04. The second kappa shape index (κ2) is 3.14. The zero-order valence-electron chi connectivity index (χ0n) is 6.48. The fourth-order valence-electron chi connectivity index (χ4n) is 0.856. The summed E-state index contributed by atoms with van der Waals surface area (Å²) in [6.07, 6.45) is 0. The van der Waals surface area contributed by atoms with Gasteiger partial charge in [0.05, 0.1) is 11.1 Å². The molecule has 1 radical (unpaired) electrons. The van der Waals surface area contributed by atoms with E-state index in [0.717, 1.165) is 18.2 Å². The van der Waals surface area contributed by atoms with Crippen LogP contribution in [0.4, 0.5) is 0 Å². The maximum Gasteiger partial charge on any atom is 0.335 e. The van der Waals surface area contributed by atoms with Crippen LogP contribution in [-0.4, -0.2) is 17.0 Å². The highest BCUT2D eigenvalue weighted by Crippen LogP contribution is 2.18. The third-order valence-electron chi connectivity index (χ3n) is 1.49. The van der Waals surface area contributed by atoms with Gasteiger partial charge < -0.3 is 10.8 Å². The van der Waals surface area contributed by atoms with Crippen molar-refractivity contribution in [2.75, 3.05) is 0 Å². The van der Waals surface area contributed by atoms with Crippen molar-refractivity contribution >= 4 is 11.9 Å². The number of carboxylic acids is 1. The maximum atomic E-state index is 10.9. The maximum absolute atomic E-state index is 10.9. The van der Waals surface area contributed by atoms with Crippen molar-refractivity contribution in [2.45, 2.75) is 0 Å². The van der Waals surface area contributed by atoms with Crippen molar-refractivity contribution < 1.29 is 19.8 Å². The average Bonchev–Trinajstić information content (AvgIpc) is 2.04. The smallest absolute Gasteiger partial charge is 0.335 e. The van der Waals surface area contributed by atoms with Crippen LogP contribution in [0.15, 0.2) is 18.2 Å². The molecule has 3 N–H and O–H groups in total. The molecule has 1 aromatic carbocycles. The monoisotopic (exact) mass is 180 g/mol. The van der Waals surface area contributed by atoms with E-state index in [1.165, 1.54) is 0 Å². The molecule has 1 amide bonds. The largest absolute Gasteiger partial charge is 0.478 e. The molecule has 0 aliphatic rings. The Morgan fingerprint density at radius 1 is 1.31 bits per heavy atom. The van der Waals surface area contributed by atoms with E-state index in [4.69, 9.17) is 10.8 Å². The molecule has 67 valence electrons. The van der Waals surface area contributed by atoms with Crippen LogP contribution in [-0.2, 0) is 5.11 Å². The van der Waals surface area contributed by atoms with Crippen LogP contribution in [0, 0.1) is 0 Å². The van der Waals surface area contributed by atoms with Crippen molar-refractivity contribution in [3.63, 3.8) is 0 Å². The van der Waals surface area contributed by atoms with Crippen LogP contribution >= 0.6 is 0 Å². The normalized spacial score (nSPS) is 9.54. The Bertz CT molecular complexity index is 372. The van der Waals surface area contributed by atoms with Gasteiger partial charge in [-0.25, -0.2) is 4.79 Å². The highest BCUT2D eigenvalue weighted by Gasteiger charge is 2.12. The first-order chi connectivity index (χ1) is 6.02. The standard InChI is InChI=1S/C8H6NO4/c9-7(11)5-3-4(8(12)13)1-2-6(5)10/h1-3H,(H2,9,11)(H,12,13). The number of nitrogens with two attached hydrogens (primary N) is 1. The van der Waals surface area contributed by atoms with Gasteiger partial charge in [0.1, 0.15) is 0 Å². The zero-order chi connectivity index (χ0) is 10.0. The summed E-state index contributed by atoms with van der Waals surface area (Å²) in [5.74, 6) is -2.70. The molecule has 0 spiro atoms. The quantitative estimate of drug-likeness (QED) is 0.697. The summed E-state index contributed by atoms with van der Waals surface area (Å²) in [5.41, 5.74) is 4.41. The van der Waals surface area contributed by atoms with E-state index in [0.29, 0.717) is 0 Å². The van der Waals surface area contributed by atoms with Gasteiger partial charge >= 0.3 is 5.97 Å². The van der Waals surface area contributed by atoms with Gasteiger partial charge in [-0.2, -0.15) is 0 Å². The first-order valence-electron chi connectivity index (χ1n) is 3.36. The Kier molecular flexibility index (Phi) is 2.19. The van der Waals surface area contributed by atoms with Gasteiger partial charge in [-0.05, 0) is 18.2 Å². The molecule has 0 fully saturated rings. The van der Waals surface area contributed by atoms with E-state index in [1.54, 1.807) is 0 Å². The average molecular weight is 180 g/mol. The third-order valence-corrected chi connectivity index (χ3v) is 1.49.